The Morgan fingerprint density at radius 1 is 0.421 bits per heavy atom. The van der Waals surface area contributed by atoms with E-state index in [2.05, 4.69) is 26.0 Å². The average molecular weight is 264 g/mol. The molecule has 0 amide bonds. The Kier molecular flexibility index (Phi) is 17.5. The SMILES string of the molecule is [CH2]CCC/C=C/CCCCCCCCCCCC[CH2]. The Bertz CT molecular complexity index is 169. The lowest BCUT2D eigenvalue weighted by atomic mass is 10.1. The zero-order valence-corrected chi connectivity index (χ0v) is 13.2. The number of rotatable bonds is 15. The Balaban J connectivity index is 2.97. The molecule has 0 heteroatoms. The van der Waals surface area contributed by atoms with Crippen LogP contribution in [0.3, 0.4) is 0 Å². The molecule has 0 aromatic rings. The van der Waals surface area contributed by atoms with Crippen molar-refractivity contribution < 1.29 is 0 Å². The lowest BCUT2D eigenvalue weighted by molar-refractivity contribution is 0.553. The van der Waals surface area contributed by atoms with Gasteiger partial charge in [0.2, 0.25) is 0 Å². The van der Waals surface area contributed by atoms with Crippen molar-refractivity contribution in [2.24, 2.45) is 0 Å². The number of allylic oxidation sites excluding steroid dienone is 2. The Labute approximate surface area is 123 Å². The van der Waals surface area contributed by atoms with Crippen molar-refractivity contribution in [2.75, 3.05) is 0 Å². The van der Waals surface area contributed by atoms with Crippen LogP contribution >= 0.6 is 0 Å². The van der Waals surface area contributed by atoms with Gasteiger partial charge in [0.15, 0.2) is 0 Å². The summed E-state index contributed by atoms with van der Waals surface area (Å²) < 4.78 is 0. The first-order valence-electron chi connectivity index (χ1n) is 8.65. The molecule has 0 heterocycles. The molecule has 0 fully saturated rings. The van der Waals surface area contributed by atoms with Gasteiger partial charge in [-0.2, -0.15) is 0 Å². The fourth-order valence-electron chi connectivity index (χ4n) is 2.35. The van der Waals surface area contributed by atoms with Crippen molar-refractivity contribution >= 4 is 0 Å². The van der Waals surface area contributed by atoms with Gasteiger partial charge in [-0.05, 0) is 25.7 Å². The van der Waals surface area contributed by atoms with Crippen LogP contribution in [0.15, 0.2) is 12.2 Å². The van der Waals surface area contributed by atoms with Gasteiger partial charge in [0.05, 0.1) is 0 Å². The van der Waals surface area contributed by atoms with E-state index in [1.54, 1.807) is 0 Å². The fourth-order valence-corrected chi connectivity index (χ4v) is 2.35. The van der Waals surface area contributed by atoms with Gasteiger partial charge >= 0.3 is 0 Å². The van der Waals surface area contributed by atoms with Crippen molar-refractivity contribution in [3.05, 3.63) is 26.0 Å². The molecule has 0 aromatic carbocycles. The standard InChI is InChI=1S/C19H36/c1-3-5-7-9-11-13-15-17-19-18-16-14-12-10-8-6-4-2/h9,11H,1-8,10,12-19H2/b11-9+. The summed E-state index contributed by atoms with van der Waals surface area (Å²) in [6.07, 6.45) is 24.8. The Morgan fingerprint density at radius 3 is 1.26 bits per heavy atom. The summed E-state index contributed by atoms with van der Waals surface area (Å²) in [6, 6.07) is 0. The maximum Gasteiger partial charge on any atom is -0.0351 e. The summed E-state index contributed by atoms with van der Waals surface area (Å²) in [5.41, 5.74) is 0. The topological polar surface area (TPSA) is 0 Å². The molecule has 0 N–H and O–H groups in total. The van der Waals surface area contributed by atoms with E-state index < -0.39 is 0 Å². The van der Waals surface area contributed by atoms with Crippen LogP contribution in [0.4, 0.5) is 0 Å². The van der Waals surface area contributed by atoms with Crippen LogP contribution in [0.2, 0.25) is 0 Å². The molecule has 0 saturated heterocycles. The fraction of sp³-hybridized carbons (Fsp3) is 0.789. The van der Waals surface area contributed by atoms with Gasteiger partial charge in [-0.15, -0.1) is 0 Å². The minimum Gasteiger partial charge on any atom is -0.0885 e. The quantitative estimate of drug-likeness (QED) is 0.219. The van der Waals surface area contributed by atoms with E-state index in [9.17, 15) is 0 Å². The van der Waals surface area contributed by atoms with Gasteiger partial charge in [-0.3, -0.25) is 0 Å². The van der Waals surface area contributed by atoms with E-state index in [4.69, 9.17) is 0 Å². The van der Waals surface area contributed by atoms with Crippen molar-refractivity contribution in [1.29, 1.82) is 0 Å². The van der Waals surface area contributed by atoms with Crippen LogP contribution in [0.5, 0.6) is 0 Å². The van der Waals surface area contributed by atoms with Crippen LogP contribution < -0.4 is 0 Å². The number of hydrogen-bond acceptors (Lipinski definition) is 0. The van der Waals surface area contributed by atoms with Crippen LogP contribution in [0.1, 0.15) is 96.3 Å². The highest BCUT2D eigenvalue weighted by Gasteiger charge is 1.92. The highest BCUT2D eigenvalue weighted by atomic mass is 14.0. The third-order valence-electron chi connectivity index (χ3n) is 3.66. The van der Waals surface area contributed by atoms with Crippen molar-refractivity contribution in [3.63, 3.8) is 0 Å². The van der Waals surface area contributed by atoms with E-state index in [1.807, 2.05) is 0 Å². The van der Waals surface area contributed by atoms with Crippen molar-refractivity contribution in [2.45, 2.75) is 96.3 Å². The van der Waals surface area contributed by atoms with Gasteiger partial charge in [0.1, 0.15) is 0 Å². The Hall–Kier alpha value is -0.260. The third-order valence-corrected chi connectivity index (χ3v) is 3.66. The molecule has 0 aromatic heterocycles. The zero-order valence-electron chi connectivity index (χ0n) is 13.2. The molecule has 0 bridgehead atoms. The highest BCUT2D eigenvalue weighted by Crippen LogP contribution is 2.12. The summed E-state index contributed by atoms with van der Waals surface area (Å²) in [5.74, 6) is 0. The van der Waals surface area contributed by atoms with Crippen molar-refractivity contribution in [1.82, 2.24) is 0 Å². The molecule has 0 saturated carbocycles. The lowest BCUT2D eigenvalue weighted by Gasteiger charge is -2.01. The van der Waals surface area contributed by atoms with E-state index in [0.717, 1.165) is 12.8 Å². The smallest absolute Gasteiger partial charge is 0.0351 e. The second-order valence-corrected chi connectivity index (χ2v) is 5.64. The summed E-state index contributed by atoms with van der Waals surface area (Å²) in [7, 11) is 0. The average Bonchev–Trinajstić information content (AvgIpc) is 2.43. The number of unbranched alkanes of at least 4 members (excludes halogenated alkanes) is 13. The van der Waals surface area contributed by atoms with Gasteiger partial charge in [-0.25, -0.2) is 0 Å². The first-order chi connectivity index (χ1) is 9.41. The molecule has 0 aliphatic carbocycles. The second-order valence-electron chi connectivity index (χ2n) is 5.64. The molecular weight excluding hydrogens is 228 g/mol. The summed E-state index contributed by atoms with van der Waals surface area (Å²) in [6.45, 7) is 7.73. The van der Waals surface area contributed by atoms with E-state index in [0.29, 0.717) is 0 Å². The van der Waals surface area contributed by atoms with Crippen LogP contribution in [0, 0.1) is 13.8 Å². The molecule has 0 rings (SSSR count). The number of hydrogen-bond donors (Lipinski definition) is 0. The highest BCUT2D eigenvalue weighted by molar-refractivity contribution is 4.81. The molecule has 0 aliphatic rings. The summed E-state index contributed by atoms with van der Waals surface area (Å²) in [4.78, 5) is 0. The van der Waals surface area contributed by atoms with Gasteiger partial charge < -0.3 is 0 Å². The predicted octanol–water partition coefficient (Wildman–Crippen LogP) is 7.06. The minimum atomic E-state index is 1.07. The molecule has 0 spiro atoms. The largest absolute Gasteiger partial charge is 0.0885 e. The van der Waals surface area contributed by atoms with E-state index in [-0.39, 0.29) is 0 Å². The molecule has 112 valence electrons. The lowest BCUT2D eigenvalue weighted by Crippen LogP contribution is -1.82. The van der Waals surface area contributed by atoms with E-state index >= 15 is 0 Å². The molecule has 0 aliphatic heterocycles. The van der Waals surface area contributed by atoms with Gasteiger partial charge in [0, 0.05) is 0 Å². The molecule has 19 heavy (non-hydrogen) atoms. The molecule has 0 atom stereocenters. The van der Waals surface area contributed by atoms with Crippen molar-refractivity contribution in [3.8, 4) is 0 Å². The summed E-state index contributed by atoms with van der Waals surface area (Å²) in [5, 5.41) is 0. The first-order valence-corrected chi connectivity index (χ1v) is 8.65. The van der Waals surface area contributed by atoms with Gasteiger partial charge in [0.25, 0.3) is 0 Å². The first kappa shape index (κ1) is 18.7. The predicted molar refractivity (Wildman–Crippen MR) is 89.1 cm³/mol. The monoisotopic (exact) mass is 264 g/mol. The Morgan fingerprint density at radius 2 is 0.789 bits per heavy atom. The maximum absolute atomic E-state index is 3.88. The molecule has 0 nitrogen and oxygen atoms in total. The maximum atomic E-state index is 3.88. The molecule has 0 unspecified atom stereocenters. The molecular formula is C19H36. The minimum absolute atomic E-state index is 1.07. The zero-order chi connectivity index (χ0) is 14.0. The molecule has 2 radical (unpaired) electrons. The van der Waals surface area contributed by atoms with E-state index in [1.165, 1.54) is 83.5 Å². The normalized spacial score (nSPS) is 11.5. The third kappa shape index (κ3) is 17.7. The van der Waals surface area contributed by atoms with Gasteiger partial charge in [-0.1, -0.05) is 96.6 Å². The van der Waals surface area contributed by atoms with Crippen LogP contribution in [-0.4, -0.2) is 0 Å². The van der Waals surface area contributed by atoms with Crippen LogP contribution in [0.25, 0.3) is 0 Å². The summed E-state index contributed by atoms with van der Waals surface area (Å²) >= 11 is 0. The van der Waals surface area contributed by atoms with Crippen LogP contribution in [-0.2, 0) is 0 Å². The second kappa shape index (κ2) is 17.7.